The van der Waals surface area contributed by atoms with Crippen LogP contribution < -0.4 is 14.8 Å². The second kappa shape index (κ2) is 9.86. The van der Waals surface area contributed by atoms with Crippen molar-refractivity contribution in [3.05, 3.63) is 58.9 Å². The van der Waals surface area contributed by atoms with Crippen molar-refractivity contribution in [1.82, 2.24) is 14.8 Å². The third-order valence-corrected chi connectivity index (χ3v) is 5.67. The van der Waals surface area contributed by atoms with Crippen LogP contribution in [0.1, 0.15) is 24.4 Å². The smallest absolute Gasteiger partial charge is 0.234 e. The maximum Gasteiger partial charge on any atom is 0.234 e. The van der Waals surface area contributed by atoms with E-state index in [1.807, 2.05) is 55.8 Å². The van der Waals surface area contributed by atoms with Crippen molar-refractivity contribution >= 4 is 35.0 Å². The number of carbonyl (C=O) groups is 1. The fourth-order valence-corrected chi connectivity index (χ4v) is 3.65. The summed E-state index contributed by atoms with van der Waals surface area (Å²) in [5, 5.41) is 12.5. The highest BCUT2D eigenvalue weighted by molar-refractivity contribution is 7.99. The van der Waals surface area contributed by atoms with Crippen molar-refractivity contribution in [3.8, 4) is 11.5 Å². The molecule has 1 N–H and O–H groups in total. The molecule has 0 saturated heterocycles. The molecule has 2 aromatic carbocycles. The van der Waals surface area contributed by atoms with Gasteiger partial charge < -0.3 is 19.4 Å². The van der Waals surface area contributed by atoms with Gasteiger partial charge in [-0.25, -0.2) is 0 Å². The molecule has 1 atom stereocenters. The van der Waals surface area contributed by atoms with Gasteiger partial charge in [-0.15, -0.1) is 10.2 Å². The van der Waals surface area contributed by atoms with Crippen LogP contribution in [0.3, 0.4) is 0 Å². The molecule has 1 aromatic heterocycles. The zero-order valence-electron chi connectivity index (χ0n) is 17.2. The number of benzene rings is 2. The summed E-state index contributed by atoms with van der Waals surface area (Å²) in [6.07, 6.45) is -0.312. The summed E-state index contributed by atoms with van der Waals surface area (Å²) in [5.74, 6) is 2.19. The summed E-state index contributed by atoms with van der Waals surface area (Å²) in [7, 11) is 3.47. The molecule has 0 aliphatic rings. The van der Waals surface area contributed by atoms with E-state index >= 15 is 0 Å². The quantitative estimate of drug-likeness (QED) is 0.507. The lowest BCUT2D eigenvalue weighted by atomic mass is 10.2. The van der Waals surface area contributed by atoms with E-state index in [0.29, 0.717) is 27.4 Å². The second-order valence-corrected chi connectivity index (χ2v) is 8.01. The largest absolute Gasteiger partial charge is 0.497 e. The summed E-state index contributed by atoms with van der Waals surface area (Å²) in [5.41, 5.74) is 1.65. The van der Waals surface area contributed by atoms with Gasteiger partial charge in [-0.3, -0.25) is 4.79 Å². The van der Waals surface area contributed by atoms with Gasteiger partial charge in [-0.2, -0.15) is 0 Å². The Morgan fingerprint density at radius 3 is 2.60 bits per heavy atom. The molecule has 0 radical (unpaired) electrons. The molecule has 158 valence electrons. The van der Waals surface area contributed by atoms with Crippen LogP contribution in [-0.2, 0) is 11.8 Å². The summed E-state index contributed by atoms with van der Waals surface area (Å²) >= 11 is 7.31. The fourth-order valence-electron chi connectivity index (χ4n) is 2.76. The Balaban J connectivity index is 1.59. The molecule has 7 nitrogen and oxygen atoms in total. The molecule has 0 saturated carbocycles. The minimum absolute atomic E-state index is 0.141. The lowest BCUT2D eigenvalue weighted by Crippen LogP contribution is -2.15. The number of thioether (sulfide) groups is 1. The number of rotatable bonds is 8. The van der Waals surface area contributed by atoms with Crippen molar-refractivity contribution in [3.63, 3.8) is 0 Å². The first-order chi connectivity index (χ1) is 14.4. The normalized spacial score (nSPS) is 11.8. The van der Waals surface area contributed by atoms with Crippen LogP contribution in [0.25, 0.3) is 0 Å². The SMILES string of the molecule is COc1ccc(OC(C)c2nnc(SCC(=O)Nc3cc(Cl)ccc3C)n2C)cc1. The highest BCUT2D eigenvalue weighted by Crippen LogP contribution is 2.25. The molecule has 0 aliphatic heterocycles. The van der Waals surface area contributed by atoms with Crippen LogP contribution >= 0.6 is 23.4 Å². The number of aryl methyl sites for hydroxylation is 1. The van der Waals surface area contributed by atoms with Gasteiger partial charge >= 0.3 is 0 Å². The third kappa shape index (κ3) is 5.46. The molecule has 3 rings (SSSR count). The Labute approximate surface area is 184 Å². The summed E-state index contributed by atoms with van der Waals surface area (Å²) in [6, 6.07) is 12.7. The molecule has 9 heteroatoms. The molecular weight excluding hydrogens is 424 g/mol. The van der Waals surface area contributed by atoms with Crippen LogP contribution in [0, 0.1) is 6.92 Å². The average Bonchev–Trinajstić information content (AvgIpc) is 3.10. The van der Waals surface area contributed by atoms with Crippen molar-refractivity contribution in [2.24, 2.45) is 7.05 Å². The number of nitrogens with zero attached hydrogens (tertiary/aromatic N) is 3. The average molecular weight is 447 g/mol. The predicted molar refractivity (Wildman–Crippen MR) is 119 cm³/mol. The Bertz CT molecular complexity index is 1020. The van der Waals surface area contributed by atoms with Gasteiger partial charge in [0.25, 0.3) is 0 Å². The summed E-state index contributed by atoms with van der Waals surface area (Å²) in [6.45, 7) is 3.82. The van der Waals surface area contributed by atoms with Crippen LogP contribution in [0.4, 0.5) is 5.69 Å². The van der Waals surface area contributed by atoms with Crippen LogP contribution in [0.2, 0.25) is 5.02 Å². The topological polar surface area (TPSA) is 78.3 Å². The highest BCUT2D eigenvalue weighted by atomic mass is 35.5. The number of halogens is 1. The molecule has 0 spiro atoms. The summed E-state index contributed by atoms with van der Waals surface area (Å²) in [4.78, 5) is 12.3. The zero-order valence-corrected chi connectivity index (χ0v) is 18.8. The lowest BCUT2D eigenvalue weighted by Gasteiger charge is -2.14. The molecule has 0 aliphatic carbocycles. The number of ether oxygens (including phenoxy) is 2. The Morgan fingerprint density at radius 2 is 1.90 bits per heavy atom. The van der Waals surface area contributed by atoms with E-state index in [9.17, 15) is 4.79 Å². The first-order valence-electron chi connectivity index (χ1n) is 9.26. The Morgan fingerprint density at radius 1 is 1.20 bits per heavy atom. The van der Waals surface area contributed by atoms with Gasteiger partial charge in [0.1, 0.15) is 11.5 Å². The van der Waals surface area contributed by atoms with Crippen LogP contribution in [-0.4, -0.2) is 33.5 Å². The molecule has 1 unspecified atom stereocenters. The van der Waals surface area contributed by atoms with E-state index in [0.717, 1.165) is 11.3 Å². The molecule has 0 fully saturated rings. The van der Waals surface area contributed by atoms with E-state index in [1.54, 1.807) is 19.2 Å². The highest BCUT2D eigenvalue weighted by Gasteiger charge is 2.18. The lowest BCUT2D eigenvalue weighted by molar-refractivity contribution is -0.113. The van der Waals surface area contributed by atoms with Crippen molar-refractivity contribution in [1.29, 1.82) is 0 Å². The molecule has 0 bridgehead atoms. The van der Waals surface area contributed by atoms with Gasteiger partial charge in [-0.05, 0) is 55.8 Å². The van der Waals surface area contributed by atoms with E-state index in [2.05, 4.69) is 15.5 Å². The first-order valence-corrected chi connectivity index (χ1v) is 10.6. The number of amides is 1. The molecule has 1 amide bonds. The van der Waals surface area contributed by atoms with Gasteiger partial charge in [0, 0.05) is 17.8 Å². The predicted octanol–water partition coefficient (Wildman–Crippen LogP) is 4.66. The number of hydrogen-bond acceptors (Lipinski definition) is 6. The van der Waals surface area contributed by atoms with Gasteiger partial charge in [0.2, 0.25) is 5.91 Å². The van der Waals surface area contributed by atoms with Crippen molar-refractivity contribution in [2.75, 3.05) is 18.2 Å². The first kappa shape index (κ1) is 22.0. The number of anilines is 1. The van der Waals surface area contributed by atoms with E-state index < -0.39 is 0 Å². The number of hydrogen-bond donors (Lipinski definition) is 1. The monoisotopic (exact) mass is 446 g/mol. The fraction of sp³-hybridized carbons (Fsp3) is 0.286. The minimum Gasteiger partial charge on any atom is -0.497 e. The Kier molecular flexibility index (Phi) is 7.23. The van der Waals surface area contributed by atoms with E-state index in [1.165, 1.54) is 11.8 Å². The molecule has 30 heavy (non-hydrogen) atoms. The molecule has 1 heterocycles. The van der Waals surface area contributed by atoms with Crippen LogP contribution in [0.5, 0.6) is 11.5 Å². The van der Waals surface area contributed by atoms with E-state index in [-0.39, 0.29) is 17.8 Å². The number of aromatic nitrogens is 3. The second-order valence-electron chi connectivity index (χ2n) is 6.63. The number of methoxy groups -OCH3 is 1. The minimum atomic E-state index is -0.312. The van der Waals surface area contributed by atoms with Gasteiger partial charge in [-0.1, -0.05) is 29.4 Å². The maximum absolute atomic E-state index is 12.3. The summed E-state index contributed by atoms with van der Waals surface area (Å²) < 4.78 is 12.9. The van der Waals surface area contributed by atoms with Crippen molar-refractivity contribution in [2.45, 2.75) is 25.1 Å². The molecular formula is C21H23ClN4O3S. The standard InChI is InChI=1S/C21H23ClN4O3S/c1-13-5-6-15(22)11-18(13)23-19(27)12-30-21-25-24-20(26(21)3)14(2)29-17-9-7-16(28-4)8-10-17/h5-11,14H,12H2,1-4H3,(H,23,27). The van der Waals surface area contributed by atoms with E-state index in [4.69, 9.17) is 21.1 Å². The third-order valence-electron chi connectivity index (χ3n) is 4.41. The number of carbonyl (C=O) groups excluding carboxylic acids is 1. The van der Waals surface area contributed by atoms with Crippen LogP contribution in [0.15, 0.2) is 47.6 Å². The number of nitrogens with one attached hydrogen (secondary N) is 1. The van der Waals surface area contributed by atoms with Gasteiger partial charge in [0.15, 0.2) is 17.1 Å². The molecule has 3 aromatic rings. The van der Waals surface area contributed by atoms with Crippen molar-refractivity contribution < 1.29 is 14.3 Å². The zero-order chi connectivity index (χ0) is 21.7. The Hall–Kier alpha value is -2.71. The van der Waals surface area contributed by atoms with Gasteiger partial charge in [0.05, 0.1) is 12.9 Å². The maximum atomic E-state index is 12.3.